The van der Waals surface area contributed by atoms with Crippen molar-refractivity contribution in [3.05, 3.63) is 21.9 Å². The highest BCUT2D eigenvalue weighted by Gasteiger charge is 2.36. The summed E-state index contributed by atoms with van der Waals surface area (Å²) in [6, 6.07) is -0.179. The van der Waals surface area contributed by atoms with Crippen molar-refractivity contribution in [3.63, 3.8) is 0 Å². The van der Waals surface area contributed by atoms with Crippen LogP contribution in [0.1, 0.15) is 18.1 Å². The lowest BCUT2D eigenvalue weighted by Crippen LogP contribution is -2.38. The maximum absolute atomic E-state index is 12.0. The van der Waals surface area contributed by atoms with Crippen molar-refractivity contribution >= 4 is 23.3 Å². The van der Waals surface area contributed by atoms with Crippen molar-refractivity contribution in [1.82, 2.24) is 10.2 Å². The van der Waals surface area contributed by atoms with Crippen molar-refractivity contribution in [2.45, 2.75) is 20.4 Å². The van der Waals surface area contributed by atoms with Crippen LogP contribution in [0.5, 0.6) is 0 Å². The molecule has 0 unspecified atom stereocenters. The number of urea groups is 1. The van der Waals surface area contributed by atoms with E-state index in [1.165, 1.54) is 5.56 Å². The molecule has 1 fully saturated rings. The van der Waals surface area contributed by atoms with Crippen molar-refractivity contribution in [3.8, 4) is 0 Å². The van der Waals surface area contributed by atoms with E-state index in [1.54, 1.807) is 16.2 Å². The molecule has 0 radical (unpaired) electrons. The van der Waals surface area contributed by atoms with Crippen LogP contribution in [0.25, 0.3) is 0 Å². The van der Waals surface area contributed by atoms with Gasteiger partial charge >= 0.3 is 12.0 Å². The van der Waals surface area contributed by atoms with Crippen LogP contribution in [0.3, 0.4) is 0 Å². The Kier molecular flexibility index (Phi) is 4.09. The minimum Gasteiger partial charge on any atom is -0.481 e. The minimum atomic E-state index is -0.823. The molecular formula is C13H18N2O3S. The minimum absolute atomic E-state index is 0.00568. The fraction of sp³-hybridized carbons (Fsp3) is 0.538. The summed E-state index contributed by atoms with van der Waals surface area (Å²) in [5.41, 5.74) is 2.28. The normalized spacial score (nSPS) is 22.5. The van der Waals surface area contributed by atoms with Gasteiger partial charge in [0.2, 0.25) is 0 Å². The quantitative estimate of drug-likeness (QED) is 0.890. The summed E-state index contributed by atoms with van der Waals surface area (Å²) in [7, 11) is 0. The molecule has 1 aromatic rings. The molecule has 5 nitrogen and oxygen atoms in total. The number of carboxylic acid groups (broad SMARTS) is 1. The Labute approximate surface area is 116 Å². The number of hydrogen-bond acceptors (Lipinski definition) is 3. The van der Waals surface area contributed by atoms with Crippen LogP contribution >= 0.6 is 11.3 Å². The maximum Gasteiger partial charge on any atom is 0.317 e. The van der Waals surface area contributed by atoms with Crippen molar-refractivity contribution in [2.24, 2.45) is 11.8 Å². The van der Waals surface area contributed by atoms with Gasteiger partial charge in [-0.25, -0.2) is 4.79 Å². The number of nitrogens with zero attached hydrogens (tertiary/aromatic N) is 1. The number of hydrogen-bond donors (Lipinski definition) is 2. The monoisotopic (exact) mass is 282 g/mol. The molecule has 0 spiro atoms. The second-order valence-corrected chi connectivity index (χ2v) is 5.81. The SMILES string of the molecule is Cc1cscc1CNC(=O)N1C[C@@H](C)[C@H](C(=O)O)C1. The zero-order valence-electron chi connectivity index (χ0n) is 11.0. The Morgan fingerprint density at radius 1 is 1.47 bits per heavy atom. The van der Waals surface area contributed by atoms with E-state index in [0.29, 0.717) is 19.6 Å². The van der Waals surface area contributed by atoms with Gasteiger partial charge in [-0.1, -0.05) is 6.92 Å². The number of carboxylic acids is 1. The summed E-state index contributed by atoms with van der Waals surface area (Å²) in [4.78, 5) is 24.6. The number of amides is 2. The molecule has 2 atom stereocenters. The van der Waals surface area contributed by atoms with E-state index in [0.717, 1.165) is 5.56 Å². The third kappa shape index (κ3) is 3.07. The summed E-state index contributed by atoms with van der Waals surface area (Å²) >= 11 is 1.61. The Morgan fingerprint density at radius 3 is 2.74 bits per heavy atom. The van der Waals surface area contributed by atoms with Gasteiger partial charge in [-0.15, -0.1) is 0 Å². The number of likely N-dealkylation sites (tertiary alicyclic amines) is 1. The van der Waals surface area contributed by atoms with Crippen molar-refractivity contribution < 1.29 is 14.7 Å². The van der Waals surface area contributed by atoms with Gasteiger partial charge in [-0.05, 0) is 34.7 Å². The van der Waals surface area contributed by atoms with Gasteiger partial charge in [0.05, 0.1) is 5.92 Å². The lowest BCUT2D eigenvalue weighted by atomic mass is 9.99. The molecule has 1 aliphatic heterocycles. The van der Waals surface area contributed by atoms with Gasteiger partial charge in [0.25, 0.3) is 0 Å². The second kappa shape index (κ2) is 5.61. The van der Waals surface area contributed by atoms with E-state index in [9.17, 15) is 9.59 Å². The van der Waals surface area contributed by atoms with E-state index in [-0.39, 0.29) is 11.9 Å². The molecule has 0 saturated carbocycles. The Morgan fingerprint density at radius 2 is 2.21 bits per heavy atom. The topological polar surface area (TPSA) is 69.6 Å². The molecule has 104 valence electrons. The Hall–Kier alpha value is -1.56. The predicted molar refractivity (Wildman–Crippen MR) is 73.2 cm³/mol. The van der Waals surface area contributed by atoms with Crippen molar-refractivity contribution in [2.75, 3.05) is 13.1 Å². The highest BCUT2D eigenvalue weighted by Crippen LogP contribution is 2.23. The van der Waals surface area contributed by atoms with Crippen LogP contribution in [0.15, 0.2) is 10.8 Å². The fourth-order valence-corrected chi connectivity index (χ4v) is 3.16. The maximum atomic E-state index is 12.0. The molecule has 1 saturated heterocycles. The van der Waals surface area contributed by atoms with E-state index in [1.807, 2.05) is 24.6 Å². The Balaban J connectivity index is 1.88. The van der Waals surface area contributed by atoms with Crippen LogP contribution in [-0.2, 0) is 11.3 Å². The molecule has 0 aromatic carbocycles. The predicted octanol–water partition coefficient (Wildman–Crippen LogP) is 1.92. The number of aryl methyl sites for hydroxylation is 1. The zero-order chi connectivity index (χ0) is 14.0. The summed E-state index contributed by atoms with van der Waals surface area (Å²) in [6.07, 6.45) is 0. The fourth-order valence-electron chi connectivity index (χ4n) is 2.30. The first-order valence-corrected chi connectivity index (χ1v) is 7.20. The number of carbonyl (C=O) groups is 2. The molecule has 2 heterocycles. The summed E-state index contributed by atoms with van der Waals surface area (Å²) < 4.78 is 0. The molecule has 0 bridgehead atoms. The van der Waals surface area contributed by atoms with E-state index >= 15 is 0 Å². The first kappa shape index (κ1) is 13.9. The van der Waals surface area contributed by atoms with E-state index < -0.39 is 11.9 Å². The number of aliphatic carboxylic acids is 1. The third-order valence-corrected chi connectivity index (χ3v) is 4.52. The van der Waals surface area contributed by atoms with Crippen LogP contribution in [-0.4, -0.2) is 35.1 Å². The molecular weight excluding hydrogens is 264 g/mol. The van der Waals surface area contributed by atoms with Gasteiger partial charge in [0.15, 0.2) is 0 Å². The smallest absolute Gasteiger partial charge is 0.317 e. The van der Waals surface area contributed by atoms with Crippen LogP contribution in [0.2, 0.25) is 0 Å². The number of rotatable bonds is 3. The standard InChI is InChI=1S/C13H18N2O3S/c1-8-4-15(5-11(8)12(16)17)13(18)14-3-10-7-19-6-9(10)2/h6-8,11H,3-5H2,1-2H3,(H,14,18)(H,16,17)/t8-,11-/m1/s1. The van der Waals surface area contributed by atoms with E-state index in [2.05, 4.69) is 5.32 Å². The lowest BCUT2D eigenvalue weighted by molar-refractivity contribution is -0.142. The van der Waals surface area contributed by atoms with Crippen LogP contribution < -0.4 is 5.32 Å². The number of nitrogens with one attached hydrogen (secondary N) is 1. The molecule has 2 amide bonds. The molecule has 6 heteroatoms. The largest absolute Gasteiger partial charge is 0.481 e. The van der Waals surface area contributed by atoms with Crippen LogP contribution in [0.4, 0.5) is 4.79 Å². The first-order chi connectivity index (χ1) is 8.99. The van der Waals surface area contributed by atoms with Crippen LogP contribution in [0, 0.1) is 18.8 Å². The highest BCUT2D eigenvalue weighted by atomic mass is 32.1. The van der Waals surface area contributed by atoms with Gasteiger partial charge in [0, 0.05) is 19.6 Å². The first-order valence-electron chi connectivity index (χ1n) is 6.26. The van der Waals surface area contributed by atoms with Gasteiger partial charge in [0.1, 0.15) is 0 Å². The Bertz CT molecular complexity index is 486. The third-order valence-electron chi connectivity index (χ3n) is 3.61. The average Bonchev–Trinajstić information content (AvgIpc) is 2.92. The molecule has 1 aromatic heterocycles. The molecule has 2 N–H and O–H groups in total. The molecule has 19 heavy (non-hydrogen) atoms. The summed E-state index contributed by atoms with van der Waals surface area (Å²) in [5, 5.41) is 15.9. The average molecular weight is 282 g/mol. The van der Waals surface area contributed by atoms with Gasteiger partial charge in [-0.2, -0.15) is 11.3 Å². The lowest BCUT2D eigenvalue weighted by Gasteiger charge is -2.16. The summed E-state index contributed by atoms with van der Waals surface area (Å²) in [5.74, 6) is -1.27. The van der Waals surface area contributed by atoms with Gasteiger partial charge < -0.3 is 15.3 Å². The zero-order valence-corrected chi connectivity index (χ0v) is 11.9. The highest BCUT2D eigenvalue weighted by molar-refractivity contribution is 7.08. The number of carbonyl (C=O) groups excluding carboxylic acids is 1. The second-order valence-electron chi connectivity index (χ2n) is 5.07. The molecule has 0 aliphatic carbocycles. The van der Waals surface area contributed by atoms with Crippen molar-refractivity contribution in [1.29, 1.82) is 0 Å². The summed E-state index contributed by atoms with van der Waals surface area (Å²) in [6.45, 7) is 5.18. The van der Waals surface area contributed by atoms with E-state index in [4.69, 9.17) is 5.11 Å². The molecule has 1 aliphatic rings. The molecule has 2 rings (SSSR count). The van der Waals surface area contributed by atoms with Gasteiger partial charge in [-0.3, -0.25) is 4.79 Å². The number of thiophene rings is 1.